The van der Waals surface area contributed by atoms with Crippen LogP contribution < -0.4 is 17.2 Å². The lowest BCUT2D eigenvalue weighted by Crippen LogP contribution is -2.23. The number of ketones is 1. The zero-order valence-corrected chi connectivity index (χ0v) is 13.5. The molecule has 2 aromatic carbocycles. The van der Waals surface area contributed by atoms with Crippen molar-refractivity contribution >= 4 is 50.2 Å². The average molecular weight is 373 g/mol. The molecule has 0 unspecified atom stereocenters. The van der Waals surface area contributed by atoms with Crippen LogP contribution in [0.4, 0.5) is 17.1 Å². The van der Waals surface area contributed by atoms with E-state index in [1.807, 2.05) is 0 Å². The third-order valence-electron chi connectivity index (χ3n) is 3.44. The van der Waals surface area contributed by atoms with E-state index in [1.165, 1.54) is 12.1 Å². The maximum Gasteiger partial charge on any atom is 0.214 e. The number of nitrogen functional groups attached to an aromatic ring is 2. The molecule has 0 saturated carbocycles. The number of Topliss-reactive ketones (excluding diaryl/α,β-unsaturated/α-hetero) is 1. The molecule has 0 fully saturated rings. The number of anilines is 2. The minimum Gasteiger partial charge on any atom is -0.506 e. The van der Waals surface area contributed by atoms with Gasteiger partial charge in [-0.25, -0.2) is 4.99 Å². The number of hydrogen-bond acceptors (Lipinski definition) is 6. The van der Waals surface area contributed by atoms with E-state index in [4.69, 9.17) is 17.2 Å². The summed E-state index contributed by atoms with van der Waals surface area (Å²) in [5.41, 5.74) is 19.6. The van der Waals surface area contributed by atoms with Crippen LogP contribution in [0.2, 0.25) is 0 Å². The molecule has 23 heavy (non-hydrogen) atoms. The van der Waals surface area contributed by atoms with Gasteiger partial charge in [-0.15, -0.1) is 0 Å². The number of rotatable bonds is 1. The van der Waals surface area contributed by atoms with Crippen LogP contribution >= 0.6 is 15.9 Å². The zero-order chi connectivity index (χ0) is 16.7. The molecule has 7 heteroatoms. The van der Waals surface area contributed by atoms with Crippen LogP contribution in [0.3, 0.4) is 0 Å². The van der Waals surface area contributed by atoms with E-state index < -0.39 is 5.78 Å². The van der Waals surface area contributed by atoms with E-state index in [1.54, 1.807) is 24.3 Å². The Labute approximate surface area is 140 Å². The third kappa shape index (κ3) is 2.55. The van der Waals surface area contributed by atoms with E-state index in [0.717, 1.165) is 0 Å². The third-order valence-corrected chi connectivity index (χ3v) is 4.05. The number of nitrogens with zero attached hydrogens (tertiary/aromatic N) is 1. The molecule has 2 aromatic rings. The van der Waals surface area contributed by atoms with Crippen LogP contribution in [-0.4, -0.2) is 16.6 Å². The Balaban J connectivity index is 2.19. The van der Waals surface area contributed by atoms with Crippen LogP contribution in [0, 0.1) is 0 Å². The van der Waals surface area contributed by atoms with Gasteiger partial charge in [-0.05, 0) is 46.3 Å². The fraction of sp³-hybridized carbons (Fsp3) is 0. The van der Waals surface area contributed by atoms with Crippen molar-refractivity contribution in [2.75, 3.05) is 11.5 Å². The molecule has 0 amide bonds. The summed E-state index contributed by atoms with van der Waals surface area (Å²) in [5.74, 6) is -0.531. The number of carbonyl (C=O) groups excluding carboxylic acids is 1. The Morgan fingerprint density at radius 1 is 1.09 bits per heavy atom. The predicted molar refractivity (Wildman–Crippen MR) is 94.7 cm³/mol. The summed E-state index contributed by atoms with van der Waals surface area (Å²) in [5, 5.41) is 10.1. The largest absolute Gasteiger partial charge is 0.506 e. The number of allylic oxidation sites excluding steroid dienone is 1. The Hall–Kier alpha value is -2.80. The second kappa shape index (κ2) is 5.44. The van der Waals surface area contributed by atoms with Crippen molar-refractivity contribution in [2.24, 2.45) is 10.7 Å². The second-order valence-corrected chi connectivity index (χ2v) is 5.92. The minimum absolute atomic E-state index is 0.126. The van der Waals surface area contributed by atoms with Gasteiger partial charge in [0.25, 0.3) is 0 Å². The first kappa shape index (κ1) is 15.1. The molecule has 7 N–H and O–H groups in total. The van der Waals surface area contributed by atoms with Crippen LogP contribution in [-0.2, 0) is 0 Å². The van der Waals surface area contributed by atoms with Crippen LogP contribution in [0.25, 0.3) is 5.70 Å². The first-order chi connectivity index (χ1) is 10.9. The molecule has 116 valence electrons. The number of phenols is 1. The zero-order valence-electron chi connectivity index (χ0n) is 11.9. The molecule has 3 rings (SSSR count). The molecular formula is C16H13BrN4O2. The number of nitrogens with two attached hydrogens (primary N) is 3. The highest BCUT2D eigenvalue weighted by Crippen LogP contribution is 2.39. The maximum atomic E-state index is 12.7. The molecule has 0 spiro atoms. The quantitative estimate of drug-likeness (QED) is 0.451. The van der Waals surface area contributed by atoms with Gasteiger partial charge in [0.2, 0.25) is 5.78 Å². The number of phenolic OH excluding ortho intramolecular Hbond substituents is 1. The van der Waals surface area contributed by atoms with Gasteiger partial charge in [-0.1, -0.05) is 6.07 Å². The van der Waals surface area contributed by atoms with E-state index in [0.29, 0.717) is 15.8 Å². The van der Waals surface area contributed by atoms with Crippen molar-refractivity contribution in [3.8, 4) is 5.75 Å². The normalized spacial score (nSPS) is 15.4. The van der Waals surface area contributed by atoms with E-state index >= 15 is 0 Å². The smallest absolute Gasteiger partial charge is 0.214 e. The molecule has 0 heterocycles. The van der Waals surface area contributed by atoms with Gasteiger partial charge in [0.1, 0.15) is 11.5 Å². The lowest BCUT2D eigenvalue weighted by molar-refractivity contribution is 0.106. The fourth-order valence-corrected chi connectivity index (χ4v) is 2.86. The first-order valence-electron chi connectivity index (χ1n) is 6.66. The van der Waals surface area contributed by atoms with Gasteiger partial charge in [0.15, 0.2) is 0 Å². The standard InChI is InChI=1S/C16H13BrN4O2/c17-9-5-10(19)14-13(15(9)22)11(20)6-12(16(14)23)21-8-3-1-2-7(18)4-8/h1-6,22H,18-20H2. The molecule has 6 nitrogen and oxygen atoms in total. The number of benzene rings is 2. The summed E-state index contributed by atoms with van der Waals surface area (Å²) in [6.45, 7) is 0. The van der Waals surface area contributed by atoms with Crippen molar-refractivity contribution in [3.63, 3.8) is 0 Å². The number of hydrogen-bond donors (Lipinski definition) is 4. The van der Waals surface area contributed by atoms with Gasteiger partial charge in [0.05, 0.1) is 21.3 Å². The Morgan fingerprint density at radius 3 is 2.52 bits per heavy atom. The molecule has 1 aliphatic carbocycles. The summed E-state index contributed by atoms with van der Waals surface area (Å²) in [6, 6.07) is 8.28. The second-order valence-electron chi connectivity index (χ2n) is 5.07. The number of halogens is 1. The van der Waals surface area contributed by atoms with Crippen LogP contribution in [0.1, 0.15) is 15.9 Å². The monoisotopic (exact) mass is 372 g/mol. The van der Waals surface area contributed by atoms with Gasteiger partial charge < -0.3 is 22.3 Å². The molecule has 0 saturated heterocycles. The van der Waals surface area contributed by atoms with Crippen molar-refractivity contribution < 1.29 is 9.90 Å². The number of aromatic hydroxyl groups is 1. The van der Waals surface area contributed by atoms with Crippen molar-refractivity contribution in [1.29, 1.82) is 0 Å². The lowest BCUT2D eigenvalue weighted by Gasteiger charge is -2.19. The SMILES string of the molecule is NC1=CC(=Nc2cccc(N)c2)C(=O)c2c(N)cc(Br)c(O)c21. The molecular weight excluding hydrogens is 360 g/mol. The first-order valence-corrected chi connectivity index (χ1v) is 7.45. The molecule has 0 bridgehead atoms. The minimum atomic E-state index is -0.406. The molecule has 1 aliphatic rings. The number of aliphatic imine (C=N–C) groups is 1. The van der Waals surface area contributed by atoms with Crippen molar-refractivity contribution in [3.05, 3.63) is 52.0 Å². The summed E-state index contributed by atoms with van der Waals surface area (Å²) < 4.78 is 0.370. The molecule has 0 aliphatic heterocycles. The highest BCUT2D eigenvalue weighted by atomic mass is 79.9. The summed E-state index contributed by atoms with van der Waals surface area (Å²) in [7, 11) is 0. The summed E-state index contributed by atoms with van der Waals surface area (Å²) in [4.78, 5) is 17.0. The Kier molecular flexibility index (Phi) is 3.57. The predicted octanol–water partition coefficient (Wildman–Crippen LogP) is 2.59. The van der Waals surface area contributed by atoms with E-state index in [2.05, 4.69) is 20.9 Å². The molecule has 0 atom stereocenters. The highest BCUT2D eigenvalue weighted by Gasteiger charge is 2.29. The van der Waals surface area contributed by atoms with Gasteiger partial charge in [-0.3, -0.25) is 4.79 Å². The fourth-order valence-electron chi connectivity index (χ4n) is 2.41. The van der Waals surface area contributed by atoms with Crippen LogP contribution in [0.15, 0.2) is 45.9 Å². The number of fused-ring (bicyclic) bond motifs is 1. The molecule has 0 radical (unpaired) electrons. The topological polar surface area (TPSA) is 128 Å². The van der Waals surface area contributed by atoms with E-state index in [-0.39, 0.29) is 34.0 Å². The van der Waals surface area contributed by atoms with Gasteiger partial charge in [0, 0.05) is 17.1 Å². The average Bonchev–Trinajstić information content (AvgIpc) is 2.48. The van der Waals surface area contributed by atoms with Gasteiger partial charge >= 0.3 is 0 Å². The lowest BCUT2D eigenvalue weighted by atomic mass is 9.90. The highest BCUT2D eigenvalue weighted by molar-refractivity contribution is 9.10. The maximum absolute atomic E-state index is 12.7. The molecule has 0 aromatic heterocycles. The Bertz CT molecular complexity index is 903. The van der Waals surface area contributed by atoms with Crippen molar-refractivity contribution in [1.82, 2.24) is 0 Å². The van der Waals surface area contributed by atoms with E-state index in [9.17, 15) is 9.90 Å². The van der Waals surface area contributed by atoms with Crippen LogP contribution in [0.5, 0.6) is 5.75 Å². The Morgan fingerprint density at radius 2 is 1.83 bits per heavy atom. The summed E-state index contributed by atoms with van der Waals surface area (Å²) >= 11 is 3.18. The van der Waals surface area contributed by atoms with Crippen molar-refractivity contribution in [2.45, 2.75) is 0 Å². The van der Waals surface area contributed by atoms with Gasteiger partial charge in [-0.2, -0.15) is 0 Å². The number of carbonyl (C=O) groups is 1. The summed E-state index contributed by atoms with van der Waals surface area (Å²) in [6.07, 6.45) is 1.42.